The highest BCUT2D eigenvalue weighted by atomic mass is 19.3. The first-order valence-electron chi connectivity index (χ1n) is 12.7. The summed E-state index contributed by atoms with van der Waals surface area (Å²) in [6.45, 7) is 1.23. The van der Waals surface area contributed by atoms with Gasteiger partial charge in [0.2, 0.25) is 0 Å². The Morgan fingerprint density at radius 1 is 0.975 bits per heavy atom. The normalized spacial score (nSPS) is 15.3. The Balaban J connectivity index is 1.19. The van der Waals surface area contributed by atoms with E-state index in [1.807, 2.05) is 29.2 Å². The van der Waals surface area contributed by atoms with E-state index >= 15 is 0 Å². The van der Waals surface area contributed by atoms with Crippen LogP contribution in [0.5, 0.6) is 0 Å². The predicted octanol–water partition coefficient (Wildman–Crippen LogP) is 5.70. The zero-order valence-electron chi connectivity index (χ0n) is 21.2. The standard InChI is InChI=1S/C29H24F3N7O/c30-24-5-8-33-16-23(24)25-4-2-21(15-35-25)36-28(40)27-22-12-19(1-3-26(22)37-38-27)20-11-18(13-34-14-20)17-39-9-6-29(31,32)7-10-39/h1-5,8,11-16H,6-7,9-10,17H2,(H,36,40)(H,37,38). The van der Waals surface area contributed by atoms with Gasteiger partial charge in [0.25, 0.3) is 11.8 Å². The molecule has 6 rings (SSSR count). The van der Waals surface area contributed by atoms with Crippen LogP contribution in [0.4, 0.5) is 18.9 Å². The molecule has 2 N–H and O–H groups in total. The molecular formula is C29H24F3N7O. The number of H-pyrrole nitrogens is 1. The minimum Gasteiger partial charge on any atom is -0.319 e. The number of benzene rings is 1. The van der Waals surface area contributed by atoms with Gasteiger partial charge in [-0.15, -0.1) is 0 Å². The number of hydrogen-bond donors (Lipinski definition) is 2. The van der Waals surface area contributed by atoms with Crippen LogP contribution in [-0.4, -0.2) is 55.0 Å². The highest BCUT2D eigenvalue weighted by molar-refractivity contribution is 6.11. The molecule has 1 saturated heterocycles. The lowest BCUT2D eigenvalue weighted by Gasteiger charge is -2.31. The van der Waals surface area contributed by atoms with Crippen molar-refractivity contribution < 1.29 is 18.0 Å². The number of carbonyl (C=O) groups is 1. The van der Waals surface area contributed by atoms with E-state index in [-0.39, 0.29) is 24.1 Å². The maximum Gasteiger partial charge on any atom is 0.276 e. The summed E-state index contributed by atoms with van der Waals surface area (Å²) in [7, 11) is 0. The number of aromatic nitrogens is 5. The molecule has 0 bridgehead atoms. The first-order chi connectivity index (χ1) is 19.3. The summed E-state index contributed by atoms with van der Waals surface area (Å²) in [6.07, 6.45) is 7.41. The van der Waals surface area contributed by atoms with Crippen molar-refractivity contribution in [2.75, 3.05) is 18.4 Å². The number of likely N-dealkylation sites (tertiary alicyclic amines) is 1. The highest BCUT2D eigenvalue weighted by Crippen LogP contribution is 2.30. The number of alkyl halides is 2. The summed E-state index contributed by atoms with van der Waals surface area (Å²) >= 11 is 0. The topological polar surface area (TPSA) is 99.7 Å². The molecule has 11 heteroatoms. The van der Waals surface area contributed by atoms with E-state index in [1.165, 1.54) is 24.7 Å². The summed E-state index contributed by atoms with van der Waals surface area (Å²) in [4.78, 5) is 27.6. The van der Waals surface area contributed by atoms with Gasteiger partial charge in [-0.05, 0) is 47.5 Å². The molecule has 0 radical (unpaired) electrons. The number of pyridine rings is 3. The number of nitrogens with one attached hydrogen (secondary N) is 2. The van der Waals surface area contributed by atoms with E-state index in [4.69, 9.17) is 0 Å². The third-order valence-electron chi connectivity index (χ3n) is 6.97. The third kappa shape index (κ3) is 5.41. The van der Waals surface area contributed by atoms with Gasteiger partial charge < -0.3 is 5.32 Å². The zero-order valence-corrected chi connectivity index (χ0v) is 21.2. The Kier molecular flexibility index (Phi) is 6.72. The fourth-order valence-electron chi connectivity index (χ4n) is 4.78. The number of fused-ring (bicyclic) bond motifs is 1. The molecule has 0 spiro atoms. The molecule has 5 heterocycles. The van der Waals surface area contributed by atoms with Gasteiger partial charge in [0.1, 0.15) is 5.82 Å². The second kappa shape index (κ2) is 10.5. The molecule has 4 aromatic heterocycles. The fraction of sp³-hybridized carbons (Fsp3) is 0.207. The largest absolute Gasteiger partial charge is 0.319 e. The van der Waals surface area contributed by atoms with Crippen molar-refractivity contribution in [3.05, 3.63) is 90.5 Å². The summed E-state index contributed by atoms with van der Waals surface area (Å²) in [5, 5.41) is 10.5. The number of carbonyl (C=O) groups excluding carboxylic acids is 1. The summed E-state index contributed by atoms with van der Waals surface area (Å²) in [5.74, 6) is -3.45. The van der Waals surface area contributed by atoms with E-state index in [0.29, 0.717) is 41.9 Å². The number of halogens is 3. The second-order valence-corrected chi connectivity index (χ2v) is 9.79. The SMILES string of the molecule is O=C(Nc1ccc(-c2cnccc2F)nc1)c1n[nH]c2ccc(-c3cncc(CN4CCC(F)(F)CC4)c3)cc12. The highest BCUT2D eigenvalue weighted by Gasteiger charge is 2.33. The molecule has 1 amide bonds. The van der Waals surface area contributed by atoms with Gasteiger partial charge in [-0.25, -0.2) is 13.2 Å². The Hall–Kier alpha value is -4.64. The molecular weight excluding hydrogens is 519 g/mol. The molecule has 1 aliphatic rings. The Morgan fingerprint density at radius 3 is 2.60 bits per heavy atom. The maximum absolute atomic E-state index is 14.0. The van der Waals surface area contributed by atoms with E-state index in [0.717, 1.165) is 16.7 Å². The summed E-state index contributed by atoms with van der Waals surface area (Å²) in [5.41, 5.74) is 4.59. The van der Waals surface area contributed by atoms with E-state index in [9.17, 15) is 18.0 Å². The van der Waals surface area contributed by atoms with E-state index in [1.54, 1.807) is 24.5 Å². The Bertz CT molecular complexity index is 1680. The van der Waals surface area contributed by atoms with E-state index < -0.39 is 17.6 Å². The lowest BCUT2D eigenvalue weighted by Crippen LogP contribution is -2.38. The van der Waals surface area contributed by atoms with Crippen LogP contribution >= 0.6 is 0 Å². The number of nitrogens with zero attached hydrogens (tertiary/aromatic N) is 5. The molecule has 40 heavy (non-hydrogen) atoms. The minimum atomic E-state index is -2.58. The molecule has 1 aromatic carbocycles. The number of amides is 1. The van der Waals surface area contributed by atoms with Gasteiger partial charge in [0.05, 0.1) is 28.7 Å². The van der Waals surface area contributed by atoms with E-state index in [2.05, 4.69) is 30.5 Å². The first-order valence-corrected chi connectivity index (χ1v) is 12.7. The first kappa shape index (κ1) is 25.6. The van der Waals surface area contributed by atoms with Crippen molar-refractivity contribution >= 4 is 22.5 Å². The molecule has 5 aromatic rings. The van der Waals surface area contributed by atoms with Crippen molar-refractivity contribution in [1.82, 2.24) is 30.0 Å². The molecule has 0 aliphatic carbocycles. The summed E-state index contributed by atoms with van der Waals surface area (Å²) < 4.78 is 41.1. The molecule has 0 unspecified atom stereocenters. The third-order valence-corrected chi connectivity index (χ3v) is 6.97. The fourth-order valence-corrected chi connectivity index (χ4v) is 4.78. The molecule has 0 atom stereocenters. The summed E-state index contributed by atoms with van der Waals surface area (Å²) in [6, 6.07) is 12.1. The van der Waals surface area contributed by atoms with Crippen molar-refractivity contribution in [2.45, 2.75) is 25.3 Å². The van der Waals surface area contributed by atoms with Crippen LogP contribution in [0.3, 0.4) is 0 Å². The quantitative estimate of drug-likeness (QED) is 0.285. The number of aromatic amines is 1. The van der Waals surface area contributed by atoms with Crippen molar-refractivity contribution in [1.29, 1.82) is 0 Å². The average molecular weight is 544 g/mol. The van der Waals surface area contributed by atoms with Gasteiger partial charge in [0, 0.05) is 68.2 Å². The van der Waals surface area contributed by atoms with Gasteiger partial charge in [0.15, 0.2) is 5.69 Å². The van der Waals surface area contributed by atoms with Gasteiger partial charge in [-0.2, -0.15) is 5.10 Å². The second-order valence-electron chi connectivity index (χ2n) is 9.79. The van der Waals surface area contributed by atoms with Crippen LogP contribution < -0.4 is 5.32 Å². The lowest BCUT2D eigenvalue weighted by atomic mass is 10.0. The number of piperidine rings is 1. The van der Waals surface area contributed by atoms with Crippen LogP contribution in [0.25, 0.3) is 33.3 Å². The average Bonchev–Trinajstić information content (AvgIpc) is 3.39. The van der Waals surface area contributed by atoms with Gasteiger partial charge >= 0.3 is 0 Å². The van der Waals surface area contributed by atoms with Crippen molar-refractivity contribution in [3.63, 3.8) is 0 Å². The monoisotopic (exact) mass is 543 g/mol. The maximum atomic E-state index is 14.0. The van der Waals surface area contributed by atoms with Crippen molar-refractivity contribution in [2.24, 2.45) is 0 Å². The Morgan fingerprint density at radius 2 is 1.82 bits per heavy atom. The molecule has 202 valence electrons. The predicted molar refractivity (Wildman–Crippen MR) is 144 cm³/mol. The smallest absolute Gasteiger partial charge is 0.276 e. The Labute approximate surface area is 227 Å². The van der Waals surface area contributed by atoms with Crippen LogP contribution in [0.2, 0.25) is 0 Å². The van der Waals surface area contributed by atoms with Gasteiger partial charge in [-0.3, -0.25) is 29.7 Å². The molecule has 1 fully saturated rings. The lowest BCUT2D eigenvalue weighted by molar-refractivity contribution is -0.0566. The van der Waals surface area contributed by atoms with Crippen molar-refractivity contribution in [3.8, 4) is 22.4 Å². The van der Waals surface area contributed by atoms with Crippen LogP contribution in [0.15, 0.2) is 73.4 Å². The number of hydrogen-bond acceptors (Lipinski definition) is 6. The molecule has 8 nitrogen and oxygen atoms in total. The minimum absolute atomic E-state index is 0.134. The van der Waals surface area contributed by atoms with Gasteiger partial charge in [-0.1, -0.05) is 6.07 Å². The number of rotatable bonds is 6. The molecule has 0 saturated carbocycles. The number of anilines is 1. The zero-order chi connectivity index (χ0) is 27.7. The van der Waals surface area contributed by atoms with Crippen LogP contribution in [0, 0.1) is 5.82 Å². The van der Waals surface area contributed by atoms with Crippen LogP contribution in [-0.2, 0) is 6.54 Å². The van der Waals surface area contributed by atoms with Crippen LogP contribution in [0.1, 0.15) is 28.9 Å². The molecule has 1 aliphatic heterocycles.